The van der Waals surface area contributed by atoms with E-state index in [4.69, 9.17) is 15.4 Å². The maximum Gasteiger partial charge on any atom is 0.315 e. The van der Waals surface area contributed by atoms with Gasteiger partial charge in [0.25, 0.3) is 0 Å². The van der Waals surface area contributed by atoms with Gasteiger partial charge in [0.1, 0.15) is 11.5 Å². The van der Waals surface area contributed by atoms with Crippen LogP contribution in [0, 0.1) is 6.92 Å². The number of hydrogen-bond donors (Lipinski definition) is 1. The number of fused-ring (bicyclic) bond motifs is 5. The van der Waals surface area contributed by atoms with Crippen molar-refractivity contribution >= 4 is 6.03 Å². The normalized spacial score (nSPS) is 16.9. The van der Waals surface area contributed by atoms with Gasteiger partial charge in [-0.15, -0.1) is 0 Å². The Balaban J connectivity index is 1.88. The summed E-state index contributed by atoms with van der Waals surface area (Å²) in [7, 11) is 0. The molecule has 2 aliphatic rings. The monoisotopic (exact) mass is 287 g/mol. The number of urea groups is 1. The van der Waals surface area contributed by atoms with E-state index in [-0.39, 0.29) is 6.03 Å². The summed E-state index contributed by atoms with van der Waals surface area (Å²) in [5, 5.41) is 8.95. The van der Waals surface area contributed by atoms with Crippen molar-refractivity contribution < 1.29 is 9.32 Å². The number of rotatable bonds is 0. The predicted molar refractivity (Wildman–Crippen MR) is 74.5 cm³/mol. The van der Waals surface area contributed by atoms with Gasteiger partial charge in [0.15, 0.2) is 0 Å². The molecule has 0 spiro atoms. The maximum absolute atomic E-state index is 11.5. The quantitative estimate of drug-likeness (QED) is 0.789. The lowest BCUT2D eigenvalue weighted by molar-refractivity contribution is 0.202. The van der Waals surface area contributed by atoms with E-state index < -0.39 is 0 Å². The molecular weight excluding hydrogens is 270 g/mol. The molecule has 4 rings (SSSR count). The van der Waals surface area contributed by atoms with E-state index in [1.165, 1.54) is 0 Å². The van der Waals surface area contributed by atoms with Crippen molar-refractivity contribution in [3.63, 3.8) is 0 Å². The van der Waals surface area contributed by atoms with E-state index >= 15 is 0 Å². The summed E-state index contributed by atoms with van der Waals surface area (Å²) in [6, 6.07) is -0.384. The lowest BCUT2D eigenvalue weighted by Gasteiger charge is -2.24. The molecule has 2 amide bonds. The number of nitrogens with zero attached hydrogens (tertiary/aromatic N) is 4. The number of carbonyl (C=O) groups is 1. The van der Waals surface area contributed by atoms with Crippen molar-refractivity contribution in [3.05, 3.63) is 22.6 Å². The first-order valence-corrected chi connectivity index (χ1v) is 7.23. The Hall–Kier alpha value is -2.31. The molecule has 0 bridgehead atoms. The molecule has 7 heteroatoms. The maximum atomic E-state index is 11.5. The fourth-order valence-electron chi connectivity index (χ4n) is 3.32. The van der Waals surface area contributed by atoms with Gasteiger partial charge >= 0.3 is 6.03 Å². The second kappa shape index (κ2) is 4.34. The van der Waals surface area contributed by atoms with Crippen LogP contribution >= 0.6 is 0 Å². The Morgan fingerprint density at radius 3 is 2.95 bits per heavy atom. The minimum atomic E-state index is -0.384. The van der Waals surface area contributed by atoms with Crippen LogP contribution in [0.1, 0.15) is 29.0 Å². The number of amides is 2. The third-order valence-corrected chi connectivity index (χ3v) is 4.42. The van der Waals surface area contributed by atoms with Gasteiger partial charge in [0.05, 0.1) is 17.9 Å². The van der Waals surface area contributed by atoms with E-state index in [1.54, 1.807) is 4.90 Å². The van der Waals surface area contributed by atoms with Crippen molar-refractivity contribution in [2.24, 2.45) is 5.73 Å². The van der Waals surface area contributed by atoms with Crippen LogP contribution in [0.25, 0.3) is 11.4 Å². The summed E-state index contributed by atoms with van der Waals surface area (Å²) in [5.74, 6) is 0.871. The van der Waals surface area contributed by atoms with Gasteiger partial charge in [-0.25, -0.2) is 4.79 Å². The summed E-state index contributed by atoms with van der Waals surface area (Å²) >= 11 is 0. The fourth-order valence-corrected chi connectivity index (χ4v) is 3.32. The number of hydrogen-bond acceptors (Lipinski definition) is 4. The molecule has 21 heavy (non-hydrogen) atoms. The molecular formula is C14H17N5O2. The number of primary amides is 1. The van der Waals surface area contributed by atoms with Crippen LogP contribution in [0.3, 0.4) is 0 Å². The van der Waals surface area contributed by atoms with Crippen molar-refractivity contribution in [2.45, 2.75) is 39.3 Å². The highest BCUT2D eigenvalue weighted by Crippen LogP contribution is 2.35. The van der Waals surface area contributed by atoms with Gasteiger partial charge in [-0.2, -0.15) is 5.10 Å². The SMILES string of the molecule is Cc1onc2c1CCCn1nc3c(c1-2)CN(C(N)=O)CC3. The van der Waals surface area contributed by atoms with Gasteiger partial charge < -0.3 is 15.2 Å². The summed E-state index contributed by atoms with van der Waals surface area (Å²) < 4.78 is 7.39. The van der Waals surface area contributed by atoms with Crippen LogP contribution in [0.5, 0.6) is 0 Å². The van der Waals surface area contributed by atoms with Gasteiger partial charge in [-0.1, -0.05) is 5.16 Å². The van der Waals surface area contributed by atoms with E-state index in [0.29, 0.717) is 13.1 Å². The molecule has 7 nitrogen and oxygen atoms in total. The minimum absolute atomic E-state index is 0.384. The zero-order valence-electron chi connectivity index (χ0n) is 11.9. The Morgan fingerprint density at radius 2 is 2.14 bits per heavy atom. The molecule has 0 aliphatic carbocycles. The summed E-state index contributed by atoms with van der Waals surface area (Å²) in [6.07, 6.45) is 2.70. The molecule has 0 fully saturated rings. The molecule has 4 heterocycles. The third-order valence-electron chi connectivity index (χ3n) is 4.42. The van der Waals surface area contributed by atoms with Crippen molar-refractivity contribution in [2.75, 3.05) is 6.54 Å². The zero-order valence-corrected chi connectivity index (χ0v) is 11.9. The predicted octanol–water partition coefficient (Wildman–Crippen LogP) is 1.23. The smallest absolute Gasteiger partial charge is 0.315 e. The second-order valence-corrected chi connectivity index (χ2v) is 5.68. The molecule has 0 saturated heterocycles. The van der Waals surface area contributed by atoms with Crippen LogP contribution in [0.4, 0.5) is 4.79 Å². The summed E-state index contributed by atoms with van der Waals surface area (Å²) in [4.78, 5) is 13.1. The summed E-state index contributed by atoms with van der Waals surface area (Å²) in [6.45, 7) is 3.95. The molecule has 0 unspecified atom stereocenters. The number of aryl methyl sites for hydroxylation is 2. The van der Waals surface area contributed by atoms with Crippen molar-refractivity contribution in [1.82, 2.24) is 19.8 Å². The number of carbonyl (C=O) groups excluding carboxylic acids is 1. The topological polar surface area (TPSA) is 90.2 Å². The van der Waals surface area contributed by atoms with Crippen LogP contribution in [0.2, 0.25) is 0 Å². The Labute approximate surface area is 121 Å². The van der Waals surface area contributed by atoms with E-state index in [0.717, 1.165) is 59.8 Å². The van der Waals surface area contributed by atoms with Gasteiger partial charge in [-0.05, 0) is 19.8 Å². The first-order chi connectivity index (χ1) is 10.1. The molecule has 2 aliphatic heterocycles. The molecule has 0 saturated carbocycles. The lowest BCUT2D eigenvalue weighted by atomic mass is 10.0. The van der Waals surface area contributed by atoms with Gasteiger partial charge in [0.2, 0.25) is 0 Å². The van der Waals surface area contributed by atoms with E-state index in [9.17, 15) is 4.79 Å². The Bertz CT molecular complexity index is 730. The number of nitrogens with two attached hydrogens (primary N) is 1. The van der Waals surface area contributed by atoms with Gasteiger partial charge in [-0.3, -0.25) is 4.68 Å². The summed E-state index contributed by atoms with van der Waals surface area (Å²) in [5.41, 5.74) is 10.6. The van der Waals surface area contributed by atoms with Crippen LogP contribution < -0.4 is 5.73 Å². The van der Waals surface area contributed by atoms with Crippen molar-refractivity contribution in [3.8, 4) is 11.4 Å². The highest BCUT2D eigenvalue weighted by Gasteiger charge is 2.31. The van der Waals surface area contributed by atoms with Crippen LogP contribution in [0.15, 0.2) is 4.52 Å². The van der Waals surface area contributed by atoms with Gasteiger partial charge in [0, 0.05) is 30.6 Å². The first-order valence-electron chi connectivity index (χ1n) is 7.23. The highest BCUT2D eigenvalue weighted by molar-refractivity contribution is 5.73. The highest BCUT2D eigenvalue weighted by atomic mass is 16.5. The molecule has 0 aromatic carbocycles. The van der Waals surface area contributed by atoms with E-state index in [1.807, 2.05) is 11.6 Å². The van der Waals surface area contributed by atoms with Crippen LogP contribution in [-0.4, -0.2) is 32.4 Å². The zero-order chi connectivity index (χ0) is 14.6. The van der Waals surface area contributed by atoms with Crippen LogP contribution in [-0.2, 0) is 25.9 Å². The molecule has 0 atom stereocenters. The fraction of sp³-hybridized carbons (Fsp3) is 0.500. The molecule has 2 aromatic heterocycles. The first kappa shape index (κ1) is 12.4. The van der Waals surface area contributed by atoms with Crippen molar-refractivity contribution in [1.29, 1.82) is 0 Å². The van der Waals surface area contributed by atoms with E-state index in [2.05, 4.69) is 5.16 Å². The molecule has 2 aromatic rings. The third kappa shape index (κ3) is 1.76. The minimum Gasteiger partial charge on any atom is -0.361 e. The number of aromatic nitrogens is 3. The Morgan fingerprint density at radius 1 is 1.29 bits per heavy atom. The largest absolute Gasteiger partial charge is 0.361 e. The average molecular weight is 287 g/mol. The molecule has 2 N–H and O–H groups in total. The molecule has 0 radical (unpaired) electrons. The second-order valence-electron chi connectivity index (χ2n) is 5.68. The molecule has 110 valence electrons. The standard InChI is InChI=1S/C14H17N5O2/c1-8-9-3-2-5-19-13(12(9)17-21-8)10-7-18(14(15)20)6-4-11(10)16-19/h2-7H2,1H3,(H2,15,20). The average Bonchev–Trinajstić information content (AvgIpc) is 2.93. The lowest BCUT2D eigenvalue weighted by Crippen LogP contribution is -2.39. The Kier molecular flexibility index (Phi) is 2.57.